The molecule has 88 valence electrons. The molecule has 0 fully saturated rings. The van der Waals surface area contributed by atoms with Gasteiger partial charge in [-0.3, -0.25) is 14.9 Å². The molecular weight excluding hydrogens is 224 g/mol. The van der Waals surface area contributed by atoms with E-state index in [4.69, 9.17) is 10.4 Å². The Hall–Kier alpha value is -2.42. The van der Waals surface area contributed by atoms with Gasteiger partial charge >= 0.3 is 5.97 Å². The number of hydrogen-bond acceptors (Lipinski definition) is 4. The Kier molecular flexibility index (Phi) is 3.78. The van der Waals surface area contributed by atoms with E-state index in [1.165, 1.54) is 12.1 Å². The molecule has 1 aromatic carbocycles. The second-order valence-corrected chi connectivity index (χ2v) is 3.43. The van der Waals surface area contributed by atoms with Gasteiger partial charge in [0.25, 0.3) is 5.69 Å². The molecule has 6 heteroatoms. The Morgan fingerprint density at radius 3 is 2.59 bits per heavy atom. The molecule has 6 nitrogen and oxygen atoms in total. The van der Waals surface area contributed by atoms with Crippen LogP contribution < -0.4 is 0 Å². The molecule has 1 rings (SSSR count). The normalized spacial score (nSPS) is 9.65. The Morgan fingerprint density at radius 2 is 2.18 bits per heavy atom. The van der Waals surface area contributed by atoms with Crippen molar-refractivity contribution in [2.75, 3.05) is 0 Å². The number of nitrogens with zero attached hydrogens (tertiary/aromatic N) is 2. The number of benzene rings is 1. The van der Waals surface area contributed by atoms with Crippen LogP contribution in [0.2, 0.25) is 0 Å². The van der Waals surface area contributed by atoms with E-state index < -0.39 is 10.9 Å². The van der Waals surface area contributed by atoms with Crippen molar-refractivity contribution < 1.29 is 14.8 Å². The molecule has 0 atom stereocenters. The summed E-state index contributed by atoms with van der Waals surface area (Å²) in [5.41, 5.74) is 0.641. The van der Waals surface area contributed by atoms with Crippen molar-refractivity contribution in [1.29, 1.82) is 5.26 Å². The van der Waals surface area contributed by atoms with Crippen molar-refractivity contribution in [2.45, 2.75) is 19.8 Å². The van der Waals surface area contributed by atoms with E-state index in [0.29, 0.717) is 17.5 Å². The highest BCUT2D eigenvalue weighted by Gasteiger charge is 2.18. The molecule has 0 bridgehead atoms. The molecule has 0 heterocycles. The average Bonchev–Trinajstić information content (AvgIpc) is 2.27. The molecule has 0 aliphatic carbocycles. The number of hydrogen-bond donors (Lipinski definition) is 1. The summed E-state index contributed by atoms with van der Waals surface area (Å²) in [6, 6.07) is 4.26. The quantitative estimate of drug-likeness (QED) is 0.630. The third kappa shape index (κ3) is 2.78. The third-order valence-electron chi connectivity index (χ3n) is 2.36. The molecule has 17 heavy (non-hydrogen) atoms. The number of nitro benzene ring substituents is 1. The summed E-state index contributed by atoms with van der Waals surface area (Å²) in [5.74, 6) is -1.03. The van der Waals surface area contributed by atoms with Gasteiger partial charge in [-0.25, -0.2) is 0 Å². The summed E-state index contributed by atoms with van der Waals surface area (Å²) in [6.45, 7) is 1.77. The maximum Gasteiger partial charge on any atom is 0.307 e. The maximum absolute atomic E-state index is 10.7. The van der Waals surface area contributed by atoms with E-state index in [1.54, 1.807) is 13.0 Å². The summed E-state index contributed by atoms with van der Waals surface area (Å²) in [4.78, 5) is 20.7. The van der Waals surface area contributed by atoms with Crippen LogP contribution in [0.3, 0.4) is 0 Å². The molecule has 0 aliphatic heterocycles. The number of rotatable bonds is 4. The second kappa shape index (κ2) is 5.07. The van der Waals surface area contributed by atoms with Crippen molar-refractivity contribution >= 4 is 11.7 Å². The maximum atomic E-state index is 10.7. The lowest BCUT2D eigenvalue weighted by Gasteiger charge is -2.06. The zero-order chi connectivity index (χ0) is 13.0. The van der Waals surface area contributed by atoms with Gasteiger partial charge in [0.05, 0.1) is 11.3 Å². The minimum atomic E-state index is -1.03. The highest BCUT2D eigenvalue weighted by molar-refractivity contribution is 5.71. The van der Waals surface area contributed by atoms with Crippen molar-refractivity contribution in [3.05, 3.63) is 38.9 Å². The predicted molar refractivity (Wildman–Crippen MR) is 58.5 cm³/mol. The van der Waals surface area contributed by atoms with E-state index in [0.717, 1.165) is 0 Å². The minimum absolute atomic E-state index is 0.108. The van der Waals surface area contributed by atoms with Crippen LogP contribution in [0, 0.1) is 21.4 Å². The SMILES string of the molecule is CCc1cc([N+](=O)[O-])c(C#N)cc1CC(=O)O. The fourth-order valence-corrected chi connectivity index (χ4v) is 1.57. The average molecular weight is 234 g/mol. The zero-order valence-electron chi connectivity index (χ0n) is 9.14. The molecule has 0 aromatic heterocycles. The first-order chi connectivity index (χ1) is 7.99. The van der Waals surface area contributed by atoms with Gasteiger partial charge in [-0.15, -0.1) is 0 Å². The van der Waals surface area contributed by atoms with Gasteiger partial charge in [0.2, 0.25) is 0 Å². The van der Waals surface area contributed by atoms with E-state index in [9.17, 15) is 14.9 Å². The van der Waals surface area contributed by atoms with Crippen molar-refractivity contribution in [3.63, 3.8) is 0 Å². The Balaban J connectivity index is 3.39. The van der Waals surface area contributed by atoms with Gasteiger partial charge in [0.15, 0.2) is 0 Å². The highest BCUT2D eigenvalue weighted by Crippen LogP contribution is 2.24. The van der Waals surface area contributed by atoms with Gasteiger partial charge in [0.1, 0.15) is 11.6 Å². The van der Waals surface area contributed by atoms with Crippen LogP contribution in [0.5, 0.6) is 0 Å². The highest BCUT2D eigenvalue weighted by atomic mass is 16.6. The van der Waals surface area contributed by atoms with E-state index >= 15 is 0 Å². The van der Waals surface area contributed by atoms with Crippen molar-refractivity contribution in [3.8, 4) is 6.07 Å². The third-order valence-corrected chi connectivity index (χ3v) is 2.36. The monoisotopic (exact) mass is 234 g/mol. The lowest BCUT2D eigenvalue weighted by atomic mass is 9.98. The summed E-state index contributed by atoms with van der Waals surface area (Å²) in [7, 11) is 0. The molecule has 0 aliphatic rings. The van der Waals surface area contributed by atoms with Gasteiger partial charge in [-0.1, -0.05) is 6.92 Å². The number of nitriles is 1. The molecule has 1 aromatic rings. The molecule has 0 spiro atoms. The van der Waals surface area contributed by atoms with Gasteiger partial charge in [-0.2, -0.15) is 5.26 Å². The van der Waals surface area contributed by atoms with Crippen molar-refractivity contribution in [1.82, 2.24) is 0 Å². The Labute approximate surface area is 97.3 Å². The molecular formula is C11H10N2O4. The molecule has 0 saturated carbocycles. The summed E-state index contributed by atoms with van der Waals surface area (Å²) >= 11 is 0. The number of carboxylic acid groups (broad SMARTS) is 1. The first-order valence-electron chi connectivity index (χ1n) is 4.91. The first kappa shape index (κ1) is 12.6. The van der Waals surface area contributed by atoms with Crippen LogP contribution in [-0.4, -0.2) is 16.0 Å². The number of nitro groups is 1. The standard InChI is InChI=1S/C11H10N2O4/c1-2-7-4-10(13(16)17)9(6-12)3-8(7)5-11(14)15/h3-4H,2,5H2,1H3,(H,14,15). The zero-order valence-corrected chi connectivity index (χ0v) is 9.14. The molecule has 0 unspecified atom stereocenters. The van der Waals surface area contributed by atoms with Crippen LogP contribution in [0.15, 0.2) is 12.1 Å². The largest absolute Gasteiger partial charge is 0.481 e. The Bertz CT molecular complexity index is 517. The van der Waals surface area contributed by atoms with E-state index in [1.807, 2.05) is 0 Å². The van der Waals surface area contributed by atoms with Crippen LogP contribution in [0.4, 0.5) is 5.69 Å². The van der Waals surface area contributed by atoms with Crippen LogP contribution in [-0.2, 0) is 17.6 Å². The molecule has 0 saturated heterocycles. The summed E-state index contributed by atoms with van der Waals surface area (Å²) in [5, 5.41) is 28.2. The number of carbonyl (C=O) groups is 1. The fourth-order valence-electron chi connectivity index (χ4n) is 1.57. The molecule has 1 N–H and O–H groups in total. The van der Waals surface area contributed by atoms with Crippen LogP contribution in [0.1, 0.15) is 23.6 Å². The lowest BCUT2D eigenvalue weighted by Crippen LogP contribution is -2.05. The number of carboxylic acids is 1. The minimum Gasteiger partial charge on any atom is -0.481 e. The van der Waals surface area contributed by atoms with E-state index in [2.05, 4.69) is 0 Å². The van der Waals surface area contributed by atoms with Gasteiger partial charge in [0, 0.05) is 6.07 Å². The molecule has 0 amide bonds. The first-order valence-corrected chi connectivity index (χ1v) is 4.91. The van der Waals surface area contributed by atoms with Crippen molar-refractivity contribution in [2.24, 2.45) is 0 Å². The smallest absolute Gasteiger partial charge is 0.307 e. The number of aryl methyl sites for hydroxylation is 1. The van der Waals surface area contributed by atoms with Crippen LogP contribution in [0.25, 0.3) is 0 Å². The second-order valence-electron chi connectivity index (χ2n) is 3.43. The van der Waals surface area contributed by atoms with Gasteiger partial charge in [-0.05, 0) is 23.6 Å². The topological polar surface area (TPSA) is 104 Å². The number of aliphatic carboxylic acids is 1. The summed E-state index contributed by atoms with van der Waals surface area (Å²) in [6.07, 6.45) is 0.241. The van der Waals surface area contributed by atoms with E-state index in [-0.39, 0.29) is 17.7 Å². The summed E-state index contributed by atoms with van der Waals surface area (Å²) < 4.78 is 0. The van der Waals surface area contributed by atoms with Crippen LogP contribution >= 0.6 is 0 Å². The predicted octanol–water partition coefficient (Wildman–Crippen LogP) is 1.66. The van der Waals surface area contributed by atoms with Gasteiger partial charge < -0.3 is 5.11 Å². The lowest BCUT2D eigenvalue weighted by molar-refractivity contribution is -0.385. The fraction of sp³-hybridized carbons (Fsp3) is 0.273. The Morgan fingerprint density at radius 1 is 1.53 bits per heavy atom. The molecule has 0 radical (unpaired) electrons.